The maximum atomic E-state index is 6.39. The first-order valence-corrected chi connectivity index (χ1v) is 7.53. The summed E-state index contributed by atoms with van der Waals surface area (Å²) in [7, 11) is 0. The number of hydrogen-bond donors (Lipinski definition) is 1. The van der Waals surface area contributed by atoms with Crippen molar-refractivity contribution in [2.24, 2.45) is 5.73 Å². The highest BCUT2D eigenvalue weighted by molar-refractivity contribution is 5.52. The molecule has 0 spiro atoms. The molecule has 4 heteroatoms. The van der Waals surface area contributed by atoms with Gasteiger partial charge < -0.3 is 19.6 Å². The Kier molecular flexibility index (Phi) is 2.93. The van der Waals surface area contributed by atoms with Gasteiger partial charge in [-0.1, -0.05) is 6.92 Å². The van der Waals surface area contributed by atoms with Crippen molar-refractivity contribution in [1.29, 1.82) is 0 Å². The van der Waals surface area contributed by atoms with Gasteiger partial charge in [0.2, 0.25) is 6.79 Å². The van der Waals surface area contributed by atoms with E-state index in [1.54, 1.807) is 0 Å². The van der Waals surface area contributed by atoms with Crippen LogP contribution in [-0.2, 0) is 12.8 Å². The van der Waals surface area contributed by atoms with Crippen LogP contribution in [0.4, 0.5) is 0 Å². The summed E-state index contributed by atoms with van der Waals surface area (Å²) in [6.45, 7) is 2.39. The zero-order valence-electron chi connectivity index (χ0n) is 12.1. The van der Waals surface area contributed by atoms with Crippen molar-refractivity contribution in [3.63, 3.8) is 0 Å². The minimum absolute atomic E-state index is 0.0775. The van der Waals surface area contributed by atoms with Gasteiger partial charge in [0.15, 0.2) is 11.5 Å². The van der Waals surface area contributed by atoms with Crippen LogP contribution in [-0.4, -0.2) is 12.8 Å². The van der Waals surface area contributed by atoms with E-state index in [9.17, 15) is 0 Å². The molecular weight excluding hydrogens is 266 g/mol. The summed E-state index contributed by atoms with van der Waals surface area (Å²) in [4.78, 5) is 0. The van der Waals surface area contributed by atoms with Crippen LogP contribution < -0.4 is 15.2 Å². The number of nitrogens with two attached hydrogens (primary N) is 1. The van der Waals surface area contributed by atoms with Gasteiger partial charge in [0.1, 0.15) is 11.5 Å². The van der Waals surface area contributed by atoms with Crippen LogP contribution in [0, 0.1) is 0 Å². The number of hydrogen-bond acceptors (Lipinski definition) is 4. The van der Waals surface area contributed by atoms with E-state index < -0.39 is 0 Å². The van der Waals surface area contributed by atoms with Crippen LogP contribution in [0.15, 0.2) is 28.7 Å². The molecule has 2 aliphatic rings. The van der Waals surface area contributed by atoms with E-state index in [-0.39, 0.29) is 12.0 Å². The quantitative estimate of drug-likeness (QED) is 0.921. The highest BCUT2D eigenvalue weighted by Gasteiger charge is 2.33. The molecule has 2 atom stereocenters. The molecule has 0 amide bonds. The summed E-state index contributed by atoms with van der Waals surface area (Å²) in [5, 5.41) is 0. The predicted octanol–water partition coefficient (Wildman–Crippen LogP) is 2.98. The molecule has 0 radical (unpaired) electrons. The molecule has 0 fully saturated rings. The fraction of sp³-hybridized carbons (Fsp3) is 0.412. The number of furan rings is 1. The Morgan fingerprint density at radius 2 is 2.00 bits per heavy atom. The summed E-state index contributed by atoms with van der Waals surface area (Å²) < 4.78 is 17.0. The summed E-state index contributed by atoms with van der Waals surface area (Å²) in [6, 6.07) is 8.36. The molecule has 21 heavy (non-hydrogen) atoms. The van der Waals surface area contributed by atoms with Crippen LogP contribution in [0.2, 0.25) is 0 Å². The van der Waals surface area contributed by atoms with E-state index in [1.165, 1.54) is 11.1 Å². The van der Waals surface area contributed by atoms with Gasteiger partial charge in [0.25, 0.3) is 0 Å². The first kappa shape index (κ1) is 12.8. The average Bonchev–Trinajstić information content (AvgIpc) is 3.13. The Morgan fingerprint density at radius 3 is 2.76 bits per heavy atom. The molecule has 1 aromatic heterocycles. The maximum Gasteiger partial charge on any atom is 0.231 e. The van der Waals surface area contributed by atoms with E-state index in [2.05, 4.69) is 25.1 Å². The lowest BCUT2D eigenvalue weighted by molar-refractivity contribution is 0.174. The lowest BCUT2D eigenvalue weighted by Gasteiger charge is -2.30. The first-order chi connectivity index (χ1) is 10.3. The second-order valence-corrected chi connectivity index (χ2v) is 5.74. The molecule has 2 heterocycles. The van der Waals surface area contributed by atoms with Gasteiger partial charge in [-0.05, 0) is 48.2 Å². The normalized spacial score (nSPS) is 23.1. The van der Waals surface area contributed by atoms with Crippen molar-refractivity contribution in [2.75, 3.05) is 6.79 Å². The van der Waals surface area contributed by atoms with Crippen molar-refractivity contribution in [1.82, 2.24) is 0 Å². The lowest BCUT2D eigenvalue weighted by atomic mass is 9.78. The van der Waals surface area contributed by atoms with Crippen LogP contribution in [0.1, 0.15) is 41.9 Å². The smallest absolute Gasteiger partial charge is 0.231 e. The van der Waals surface area contributed by atoms with E-state index in [4.69, 9.17) is 19.6 Å². The van der Waals surface area contributed by atoms with Gasteiger partial charge in [0, 0.05) is 12.5 Å². The Labute approximate surface area is 123 Å². The molecule has 1 aromatic carbocycles. The Balaban J connectivity index is 1.81. The topological polar surface area (TPSA) is 57.6 Å². The third-order valence-corrected chi connectivity index (χ3v) is 4.48. The molecule has 4 nitrogen and oxygen atoms in total. The van der Waals surface area contributed by atoms with Gasteiger partial charge in [-0.15, -0.1) is 0 Å². The highest BCUT2D eigenvalue weighted by atomic mass is 16.7. The van der Waals surface area contributed by atoms with Crippen molar-refractivity contribution in [3.05, 3.63) is 46.9 Å². The molecule has 2 N–H and O–H groups in total. The monoisotopic (exact) mass is 285 g/mol. The van der Waals surface area contributed by atoms with E-state index in [1.807, 2.05) is 6.07 Å². The Morgan fingerprint density at radius 1 is 1.19 bits per heavy atom. The van der Waals surface area contributed by atoms with Crippen molar-refractivity contribution in [2.45, 2.75) is 38.1 Å². The second-order valence-electron chi connectivity index (χ2n) is 5.74. The van der Waals surface area contributed by atoms with Gasteiger partial charge in [0.05, 0.1) is 5.92 Å². The first-order valence-electron chi connectivity index (χ1n) is 7.53. The molecule has 1 aliphatic heterocycles. The SMILES string of the molecule is CCc1ccc([C@H]2c3cc4c(cc3CC[C@@H]2N)OCO4)o1. The summed E-state index contributed by atoms with van der Waals surface area (Å²) in [6.07, 6.45) is 2.83. The Hall–Kier alpha value is -1.94. The van der Waals surface area contributed by atoms with Gasteiger partial charge in [-0.25, -0.2) is 0 Å². The molecule has 110 valence electrons. The molecule has 0 saturated carbocycles. The van der Waals surface area contributed by atoms with Crippen molar-refractivity contribution >= 4 is 0 Å². The number of rotatable bonds is 2. The second kappa shape index (κ2) is 4.81. The fourth-order valence-electron chi connectivity index (χ4n) is 3.34. The summed E-state index contributed by atoms with van der Waals surface area (Å²) in [5.41, 5.74) is 8.90. The average molecular weight is 285 g/mol. The summed E-state index contributed by atoms with van der Waals surface area (Å²) in [5.74, 6) is 3.72. The molecule has 0 bridgehead atoms. The van der Waals surface area contributed by atoms with Gasteiger partial charge in [-0.3, -0.25) is 0 Å². The minimum Gasteiger partial charge on any atom is -0.465 e. The Bertz CT molecular complexity index is 677. The molecular formula is C17H19NO3. The van der Waals surface area contributed by atoms with Crippen molar-refractivity contribution < 1.29 is 13.9 Å². The maximum absolute atomic E-state index is 6.39. The number of aryl methyl sites for hydroxylation is 2. The number of fused-ring (bicyclic) bond motifs is 2. The van der Waals surface area contributed by atoms with E-state index >= 15 is 0 Å². The van der Waals surface area contributed by atoms with Crippen LogP contribution >= 0.6 is 0 Å². The van der Waals surface area contributed by atoms with Gasteiger partial charge in [-0.2, -0.15) is 0 Å². The number of ether oxygens (including phenoxy) is 2. The summed E-state index contributed by atoms with van der Waals surface area (Å²) >= 11 is 0. The molecule has 0 unspecified atom stereocenters. The zero-order valence-corrected chi connectivity index (χ0v) is 12.1. The van der Waals surface area contributed by atoms with Crippen LogP contribution in [0.5, 0.6) is 11.5 Å². The lowest BCUT2D eigenvalue weighted by Crippen LogP contribution is -2.33. The predicted molar refractivity (Wildman–Crippen MR) is 78.8 cm³/mol. The van der Waals surface area contributed by atoms with Gasteiger partial charge >= 0.3 is 0 Å². The molecule has 4 rings (SSSR count). The minimum atomic E-state index is 0.0775. The molecule has 0 saturated heterocycles. The third kappa shape index (κ3) is 2.02. The van der Waals surface area contributed by atoms with Crippen LogP contribution in [0.3, 0.4) is 0 Å². The number of benzene rings is 1. The van der Waals surface area contributed by atoms with E-state index in [0.29, 0.717) is 6.79 Å². The molecule has 1 aliphatic carbocycles. The largest absolute Gasteiger partial charge is 0.465 e. The fourth-order valence-corrected chi connectivity index (χ4v) is 3.34. The van der Waals surface area contributed by atoms with Crippen molar-refractivity contribution in [3.8, 4) is 11.5 Å². The zero-order chi connectivity index (χ0) is 14.4. The molecule has 2 aromatic rings. The standard InChI is InChI=1S/C17H19NO3/c1-2-11-4-6-14(21-11)17-12-8-16-15(19-9-20-16)7-10(12)3-5-13(17)18/h4,6-8,13,17H,2-3,5,9,18H2,1H3/t13-,17-/m0/s1. The highest BCUT2D eigenvalue weighted by Crippen LogP contribution is 2.43. The third-order valence-electron chi connectivity index (χ3n) is 4.48. The van der Waals surface area contributed by atoms with Crippen LogP contribution in [0.25, 0.3) is 0 Å². The van der Waals surface area contributed by atoms with E-state index in [0.717, 1.165) is 42.3 Å².